The smallest absolute Gasteiger partial charge is 0.372 e. The molecule has 3 N–H and O–H groups in total. The minimum absolute atomic E-state index is 0.000210. The van der Waals surface area contributed by atoms with Gasteiger partial charge in [0.05, 0.1) is 11.3 Å². The zero-order valence-corrected chi connectivity index (χ0v) is 18.3. The molecule has 0 fully saturated rings. The number of hydrogen-bond acceptors (Lipinski definition) is 4. The van der Waals surface area contributed by atoms with Crippen molar-refractivity contribution in [2.75, 3.05) is 31.1 Å². The van der Waals surface area contributed by atoms with E-state index in [1.165, 1.54) is 24.3 Å². The summed E-state index contributed by atoms with van der Waals surface area (Å²) in [5, 5.41) is 11.5. The molecule has 2 aromatic carbocycles. The predicted octanol–water partition coefficient (Wildman–Crippen LogP) is 3.38. The number of aliphatic hydroxyl groups is 1. The van der Waals surface area contributed by atoms with Gasteiger partial charge in [0.2, 0.25) is 5.91 Å². The predicted molar refractivity (Wildman–Crippen MR) is 115 cm³/mol. The van der Waals surface area contributed by atoms with E-state index in [1.54, 1.807) is 0 Å². The highest BCUT2D eigenvalue weighted by Gasteiger charge is 2.56. The Hall–Kier alpha value is -2.62. The highest BCUT2D eigenvalue weighted by molar-refractivity contribution is 6.32. The Morgan fingerprint density at radius 3 is 2.38 bits per heavy atom. The van der Waals surface area contributed by atoms with Crippen LogP contribution >= 0.6 is 11.6 Å². The first kappa shape index (κ1) is 24.0. The molecule has 0 bridgehead atoms. The fourth-order valence-corrected chi connectivity index (χ4v) is 4.28. The standard InChI is InChI=1S/C22H23ClF3N3O3/c1-3-28(4-2)9-10-29-17-12-13(19(27)30)11-15(22(24,25)26)18(17)21(32,20(29)31)14-7-5-6-8-16(14)23/h5-8,11-12,32H,3-4,9-10H2,1-2H3,(H2,27,30)/t21-/m0/s1. The van der Waals surface area contributed by atoms with Gasteiger partial charge in [0.25, 0.3) is 5.91 Å². The molecule has 1 atom stereocenters. The van der Waals surface area contributed by atoms with Gasteiger partial charge in [-0.25, -0.2) is 0 Å². The summed E-state index contributed by atoms with van der Waals surface area (Å²) in [6.07, 6.45) is -4.97. The average molecular weight is 470 g/mol. The van der Waals surface area contributed by atoms with E-state index < -0.39 is 40.3 Å². The summed E-state index contributed by atoms with van der Waals surface area (Å²) in [4.78, 5) is 28.3. The highest BCUT2D eigenvalue weighted by atomic mass is 35.5. The summed E-state index contributed by atoms with van der Waals surface area (Å²) in [5.74, 6) is -2.05. The second-order valence-electron chi connectivity index (χ2n) is 7.45. The Bertz CT molecular complexity index is 1060. The second kappa shape index (κ2) is 8.73. The third-order valence-electron chi connectivity index (χ3n) is 5.71. The normalized spacial score (nSPS) is 18.4. The number of anilines is 1. The van der Waals surface area contributed by atoms with Crippen molar-refractivity contribution in [3.05, 3.63) is 63.7 Å². The van der Waals surface area contributed by atoms with E-state index in [9.17, 15) is 27.9 Å². The molecule has 1 heterocycles. The largest absolute Gasteiger partial charge is 0.416 e. The van der Waals surface area contributed by atoms with Crippen molar-refractivity contribution in [3.8, 4) is 0 Å². The third kappa shape index (κ3) is 3.96. The van der Waals surface area contributed by atoms with Gasteiger partial charge in [-0.2, -0.15) is 13.2 Å². The van der Waals surface area contributed by atoms with Gasteiger partial charge in [0.15, 0.2) is 5.60 Å². The molecule has 3 rings (SSSR count). The number of rotatable bonds is 7. The topological polar surface area (TPSA) is 86.9 Å². The van der Waals surface area contributed by atoms with E-state index in [4.69, 9.17) is 17.3 Å². The van der Waals surface area contributed by atoms with Crippen LogP contribution in [0.15, 0.2) is 36.4 Å². The Balaban J connectivity index is 2.32. The Morgan fingerprint density at radius 1 is 1.22 bits per heavy atom. The number of likely N-dealkylation sites (N-methyl/N-ethyl adjacent to an activating group) is 1. The van der Waals surface area contributed by atoms with Crippen LogP contribution in [-0.4, -0.2) is 48.0 Å². The van der Waals surface area contributed by atoms with Crippen molar-refractivity contribution >= 4 is 29.1 Å². The van der Waals surface area contributed by atoms with Crippen LogP contribution in [0.3, 0.4) is 0 Å². The Kier molecular flexibility index (Phi) is 6.55. The molecule has 0 radical (unpaired) electrons. The van der Waals surface area contributed by atoms with Gasteiger partial charge < -0.3 is 20.6 Å². The number of benzene rings is 2. The number of nitrogens with two attached hydrogens (primary N) is 1. The molecular weight excluding hydrogens is 447 g/mol. The molecule has 0 saturated carbocycles. The molecule has 0 aliphatic carbocycles. The van der Waals surface area contributed by atoms with E-state index in [-0.39, 0.29) is 22.8 Å². The van der Waals surface area contributed by atoms with E-state index in [0.717, 1.165) is 11.0 Å². The lowest BCUT2D eigenvalue weighted by Crippen LogP contribution is -2.44. The molecule has 1 aliphatic rings. The maximum atomic E-state index is 14.1. The second-order valence-corrected chi connectivity index (χ2v) is 7.86. The van der Waals surface area contributed by atoms with Gasteiger partial charge in [-0.1, -0.05) is 43.6 Å². The summed E-state index contributed by atoms with van der Waals surface area (Å²) in [6.45, 7) is 5.50. The van der Waals surface area contributed by atoms with Crippen LogP contribution in [0.25, 0.3) is 0 Å². The van der Waals surface area contributed by atoms with Crippen LogP contribution in [0.5, 0.6) is 0 Å². The van der Waals surface area contributed by atoms with Crippen LogP contribution in [0.4, 0.5) is 18.9 Å². The Labute approximate surface area is 188 Å². The van der Waals surface area contributed by atoms with E-state index in [2.05, 4.69) is 0 Å². The maximum Gasteiger partial charge on any atom is 0.416 e. The molecule has 32 heavy (non-hydrogen) atoms. The highest BCUT2D eigenvalue weighted by Crippen LogP contribution is 2.51. The van der Waals surface area contributed by atoms with Gasteiger partial charge in [-0.05, 0) is 31.3 Å². The molecule has 6 nitrogen and oxygen atoms in total. The maximum absolute atomic E-state index is 14.1. The van der Waals surface area contributed by atoms with Gasteiger partial charge in [0, 0.05) is 34.8 Å². The van der Waals surface area contributed by atoms with Crippen LogP contribution in [0, 0.1) is 0 Å². The quantitative estimate of drug-likeness (QED) is 0.651. The molecule has 1 aliphatic heterocycles. The van der Waals surface area contributed by atoms with Gasteiger partial charge in [-0.3, -0.25) is 9.59 Å². The van der Waals surface area contributed by atoms with Crippen molar-refractivity contribution < 1.29 is 27.9 Å². The average Bonchev–Trinajstić information content (AvgIpc) is 2.95. The number of primary amides is 1. The minimum atomic E-state index is -4.97. The molecule has 0 unspecified atom stereocenters. The lowest BCUT2D eigenvalue weighted by atomic mass is 9.83. The first-order chi connectivity index (χ1) is 15.0. The van der Waals surface area contributed by atoms with Gasteiger partial charge in [0.1, 0.15) is 0 Å². The van der Waals surface area contributed by atoms with Crippen LogP contribution < -0.4 is 10.6 Å². The number of alkyl halides is 3. The number of carbonyl (C=O) groups excluding carboxylic acids is 2. The Morgan fingerprint density at radius 2 is 1.84 bits per heavy atom. The summed E-state index contributed by atoms with van der Waals surface area (Å²) in [7, 11) is 0. The summed E-state index contributed by atoms with van der Waals surface area (Å²) < 4.78 is 42.3. The molecule has 0 spiro atoms. The monoisotopic (exact) mass is 469 g/mol. The SMILES string of the molecule is CCN(CC)CCN1C(=O)[C@](O)(c2ccccc2Cl)c2c1cc(C(N)=O)cc2C(F)(F)F. The van der Waals surface area contributed by atoms with Crippen molar-refractivity contribution in [2.24, 2.45) is 5.73 Å². The van der Waals surface area contributed by atoms with Crippen molar-refractivity contribution in [2.45, 2.75) is 25.6 Å². The number of nitrogens with zero attached hydrogens (tertiary/aromatic N) is 2. The lowest BCUT2D eigenvalue weighted by molar-refractivity contribution is -0.142. The molecule has 0 aromatic heterocycles. The molecule has 10 heteroatoms. The zero-order chi connectivity index (χ0) is 23.8. The molecular formula is C22H23ClF3N3O3. The van der Waals surface area contributed by atoms with E-state index >= 15 is 0 Å². The minimum Gasteiger partial charge on any atom is -0.372 e. The van der Waals surface area contributed by atoms with Crippen molar-refractivity contribution in [1.29, 1.82) is 0 Å². The van der Waals surface area contributed by atoms with Crippen LogP contribution in [0.1, 0.15) is 40.9 Å². The first-order valence-corrected chi connectivity index (χ1v) is 10.4. The van der Waals surface area contributed by atoms with E-state index in [1.807, 2.05) is 18.7 Å². The van der Waals surface area contributed by atoms with Crippen LogP contribution in [-0.2, 0) is 16.6 Å². The molecule has 2 amide bonds. The summed E-state index contributed by atoms with van der Waals surface area (Å²) in [5.41, 5.74) is -0.192. The third-order valence-corrected chi connectivity index (χ3v) is 6.04. The fraction of sp³-hybridized carbons (Fsp3) is 0.364. The number of hydrogen-bond donors (Lipinski definition) is 2. The number of fused-ring (bicyclic) bond motifs is 1. The number of amides is 2. The van der Waals surface area contributed by atoms with Gasteiger partial charge >= 0.3 is 6.18 Å². The summed E-state index contributed by atoms with van der Waals surface area (Å²) >= 11 is 6.20. The fourth-order valence-electron chi connectivity index (χ4n) is 4.01. The summed E-state index contributed by atoms with van der Waals surface area (Å²) in [6, 6.07) is 7.36. The molecule has 172 valence electrons. The first-order valence-electron chi connectivity index (χ1n) is 10.0. The van der Waals surface area contributed by atoms with Crippen molar-refractivity contribution in [1.82, 2.24) is 4.90 Å². The lowest BCUT2D eigenvalue weighted by Gasteiger charge is -2.27. The molecule has 0 saturated heterocycles. The zero-order valence-electron chi connectivity index (χ0n) is 17.5. The van der Waals surface area contributed by atoms with Crippen molar-refractivity contribution in [3.63, 3.8) is 0 Å². The number of carbonyl (C=O) groups is 2. The molecule has 2 aromatic rings. The van der Waals surface area contributed by atoms with Gasteiger partial charge in [-0.15, -0.1) is 0 Å². The number of halogens is 4. The van der Waals surface area contributed by atoms with Crippen LogP contribution in [0.2, 0.25) is 5.02 Å². The van der Waals surface area contributed by atoms with E-state index in [0.29, 0.717) is 25.7 Å².